The maximum Gasteiger partial charge on any atom is 0.267 e. The minimum absolute atomic E-state index is 0.0930. The van der Waals surface area contributed by atoms with Gasteiger partial charge in [-0.2, -0.15) is 0 Å². The van der Waals surface area contributed by atoms with Crippen LogP contribution in [0.1, 0.15) is 24.0 Å². The summed E-state index contributed by atoms with van der Waals surface area (Å²) < 4.78 is 5.22. The summed E-state index contributed by atoms with van der Waals surface area (Å²) in [6.07, 6.45) is 1.13. The largest absolute Gasteiger partial charge is 0.376 e. The number of hydrazine groups is 1. The predicted octanol–water partition coefficient (Wildman–Crippen LogP) is 1.04. The van der Waals surface area contributed by atoms with Crippen molar-refractivity contribution < 1.29 is 14.3 Å². The van der Waals surface area contributed by atoms with Gasteiger partial charge in [-0.25, -0.2) is 0 Å². The van der Waals surface area contributed by atoms with Gasteiger partial charge in [-0.1, -0.05) is 17.7 Å². The molecule has 6 heteroatoms. The lowest BCUT2D eigenvalue weighted by molar-refractivity contribution is -0.134. The Balaban J connectivity index is 1.73. The number of carbonyl (C=O) groups is 2. The average molecular weight is 291 g/mol. The highest BCUT2D eigenvalue weighted by atomic mass is 16.5. The molecule has 1 aliphatic heterocycles. The molecule has 1 unspecified atom stereocenters. The van der Waals surface area contributed by atoms with Gasteiger partial charge in [0.25, 0.3) is 11.8 Å². The highest BCUT2D eigenvalue weighted by Gasteiger charge is 2.23. The van der Waals surface area contributed by atoms with E-state index in [4.69, 9.17) is 4.74 Å². The van der Waals surface area contributed by atoms with E-state index in [2.05, 4.69) is 16.2 Å². The first kappa shape index (κ1) is 15.3. The van der Waals surface area contributed by atoms with Crippen LogP contribution in [0, 0.1) is 13.8 Å². The van der Waals surface area contributed by atoms with Crippen molar-refractivity contribution in [2.45, 2.75) is 32.8 Å². The zero-order chi connectivity index (χ0) is 15.2. The lowest BCUT2D eigenvalue weighted by Crippen LogP contribution is -2.48. The van der Waals surface area contributed by atoms with Crippen LogP contribution in [0.2, 0.25) is 0 Å². The highest BCUT2D eigenvalue weighted by molar-refractivity contribution is 5.86. The molecule has 21 heavy (non-hydrogen) atoms. The third-order valence-corrected chi connectivity index (χ3v) is 3.37. The van der Waals surface area contributed by atoms with E-state index < -0.39 is 6.10 Å². The Labute approximate surface area is 124 Å². The van der Waals surface area contributed by atoms with Gasteiger partial charge in [-0.05, 0) is 38.3 Å². The quantitative estimate of drug-likeness (QED) is 0.724. The van der Waals surface area contributed by atoms with E-state index in [0.29, 0.717) is 13.0 Å². The molecule has 1 aromatic carbocycles. The molecule has 1 fully saturated rings. The number of carbonyl (C=O) groups excluding carboxylic acids is 2. The first-order valence-corrected chi connectivity index (χ1v) is 7.07. The van der Waals surface area contributed by atoms with Crippen LogP contribution in [0.5, 0.6) is 0 Å². The van der Waals surface area contributed by atoms with Crippen LogP contribution in [0.15, 0.2) is 18.2 Å². The fraction of sp³-hybridized carbons (Fsp3) is 0.467. The van der Waals surface area contributed by atoms with E-state index in [1.54, 1.807) is 0 Å². The first-order chi connectivity index (χ1) is 10.1. The Kier molecular flexibility index (Phi) is 5.16. The van der Waals surface area contributed by atoms with Crippen molar-refractivity contribution in [3.63, 3.8) is 0 Å². The Morgan fingerprint density at radius 2 is 2.10 bits per heavy atom. The monoisotopic (exact) mass is 291 g/mol. The number of rotatable bonds is 4. The van der Waals surface area contributed by atoms with E-state index in [1.165, 1.54) is 5.56 Å². The van der Waals surface area contributed by atoms with E-state index in [-0.39, 0.29) is 18.4 Å². The molecule has 0 aliphatic carbocycles. The normalized spacial score (nSPS) is 17.3. The molecule has 1 saturated heterocycles. The van der Waals surface area contributed by atoms with Crippen LogP contribution in [-0.4, -0.2) is 31.1 Å². The van der Waals surface area contributed by atoms with Gasteiger partial charge >= 0.3 is 0 Å². The van der Waals surface area contributed by atoms with Gasteiger partial charge < -0.3 is 10.1 Å². The Morgan fingerprint density at radius 1 is 1.29 bits per heavy atom. The topological polar surface area (TPSA) is 79.5 Å². The molecule has 2 rings (SSSR count). The third kappa shape index (κ3) is 4.46. The van der Waals surface area contributed by atoms with E-state index in [9.17, 15) is 9.59 Å². The summed E-state index contributed by atoms with van der Waals surface area (Å²) in [7, 11) is 0. The zero-order valence-electron chi connectivity index (χ0n) is 12.4. The molecule has 0 bridgehead atoms. The van der Waals surface area contributed by atoms with Crippen LogP contribution in [0.25, 0.3) is 0 Å². The molecule has 3 N–H and O–H groups in total. The zero-order valence-corrected chi connectivity index (χ0v) is 12.4. The number of hydrogen-bond acceptors (Lipinski definition) is 4. The molecular formula is C15H21N3O3. The van der Waals surface area contributed by atoms with Crippen LogP contribution < -0.4 is 16.2 Å². The van der Waals surface area contributed by atoms with Crippen molar-refractivity contribution in [3.05, 3.63) is 29.3 Å². The first-order valence-electron chi connectivity index (χ1n) is 7.07. The third-order valence-electron chi connectivity index (χ3n) is 3.37. The van der Waals surface area contributed by atoms with Gasteiger partial charge in [0.15, 0.2) is 0 Å². The predicted molar refractivity (Wildman–Crippen MR) is 79.7 cm³/mol. The van der Waals surface area contributed by atoms with E-state index in [1.807, 2.05) is 32.0 Å². The molecule has 1 atom stereocenters. The molecule has 1 heterocycles. The highest BCUT2D eigenvalue weighted by Crippen LogP contribution is 2.15. The molecule has 2 amide bonds. The summed E-state index contributed by atoms with van der Waals surface area (Å²) in [4.78, 5) is 23.3. The number of nitrogens with one attached hydrogen (secondary N) is 3. The summed E-state index contributed by atoms with van der Waals surface area (Å²) >= 11 is 0. The second-order valence-corrected chi connectivity index (χ2v) is 5.21. The fourth-order valence-electron chi connectivity index (χ4n) is 2.23. The van der Waals surface area contributed by atoms with E-state index >= 15 is 0 Å². The lowest BCUT2D eigenvalue weighted by atomic mass is 10.1. The van der Waals surface area contributed by atoms with Gasteiger partial charge in [0.2, 0.25) is 0 Å². The minimum atomic E-state index is -0.447. The maximum atomic E-state index is 11.7. The molecular weight excluding hydrogens is 270 g/mol. The molecule has 0 spiro atoms. The van der Waals surface area contributed by atoms with Crippen molar-refractivity contribution in [1.82, 2.24) is 10.9 Å². The van der Waals surface area contributed by atoms with Crippen LogP contribution >= 0.6 is 0 Å². The van der Waals surface area contributed by atoms with Crippen molar-refractivity contribution in [3.8, 4) is 0 Å². The fourth-order valence-corrected chi connectivity index (χ4v) is 2.23. The van der Waals surface area contributed by atoms with Gasteiger partial charge in [-0.3, -0.25) is 20.4 Å². The number of amides is 2. The molecule has 114 valence electrons. The van der Waals surface area contributed by atoms with Crippen LogP contribution in [-0.2, 0) is 14.3 Å². The van der Waals surface area contributed by atoms with Gasteiger partial charge in [0, 0.05) is 12.3 Å². The number of ether oxygens (including phenoxy) is 1. The summed E-state index contributed by atoms with van der Waals surface area (Å²) in [6.45, 7) is 4.69. The van der Waals surface area contributed by atoms with E-state index in [0.717, 1.165) is 17.7 Å². The Bertz CT molecular complexity index is 525. The Morgan fingerprint density at radius 3 is 2.76 bits per heavy atom. The number of anilines is 1. The molecule has 0 saturated carbocycles. The van der Waals surface area contributed by atoms with Gasteiger partial charge in [0.05, 0.1) is 6.54 Å². The lowest BCUT2D eigenvalue weighted by Gasteiger charge is -2.13. The summed E-state index contributed by atoms with van der Waals surface area (Å²) in [5.41, 5.74) is 7.91. The summed E-state index contributed by atoms with van der Waals surface area (Å²) in [5.74, 6) is -0.603. The number of benzene rings is 1. The molecule has 1 aromatic rings. The standard InChI is InChI=1S/C15H21N3O3/c1-10-5-6-12(11(2)8-10)16-9-14(19)17-18-15(20)13-4-3-7-21-13/h5-6,8,13,16H,3-4,7,9H2,1-2H3,(H,17,19)(H,18,20). The number of hydrogen-bond donors (Lipinski definition) is 3. The second-order valence-electron chi connectivity index (χ2n) is 5.21. The van der Waals surface area contributed by atoms with Crippen molar-refractivity contribution in [2.24, 2.45) is 0 Å². The average Bonchev–Trinajstić information content (AvgIpc) is 2.98. The summed E-state index contributed by atoms with van der Waals surface area (Å²) in [5, 5.41) is 3.04. The van der Waals surface area contributed by atoms with Crippen molar-refractivity contribution in [2.75, 3.05) is 18.5 Å². The molecule has 6 nitrogen and oxygen atoms in total. The van der Waals surface area contributed by atoms with Crippen LogP contribution in [0.4, 0.5) is 5.69 Å². The van der Waals surface area contributed by atoms with Crippen LogP contribution in [0.3, 0.4) is 0 Å². The van der Waals surface area contributed by atoms with Crippen molar-refractivity contribution in [1.29, 1.82) is 0 Å². The van der Waals surface area contributed by atoms with Gasteiger partial charge in [-0.15, -0.1) is 0 Å². The smallest absolute Gasteiger partial charge is 0.267 e. The number of aryl methyl sites for hydroxylation is 2. The second kappa shape index (κ2) is 7.08. The van der Waals surface area contributed by atoms with Crippen molar-refractivity contribution >= 4 is 17.5 Å². The molecule has 0 aromatic heterocycles. The van der Waals surface area contributed by atoms with Gasteiger partial charge in [0.1, 0.15) is 6.10 Å². The minimum Gasteiger partial charge on any atom is -0.376 e. The molecule has 0 radical (unpaired) electrons. The SMILES string of the molecule is Cc1ccc(NCC(=O)NNC(=O)C2CCCO2)c(C)c1. The summed E-state index contributed by atoms with van der Waals surface area (Å²) in [6, 6.07) is 5.95. The molecule has 1 aliphatic rings. The maximum absolute atomic E-state index is 11.7. The Hall–Kier alpha value is -2.08.